The van der Waals surface area contributed by atoms with Crippen molar-refractivity contribution in [1.29, 1.82) is 0 Å². The van der Waals surface area contributed by atoms with E-state index in [0.717, 1.165) is 60.2 Å². The van der Waals surface area contributed by atoms with Crippen LogP contribution in [0.15, 0.2) is 57.5 Å². The largest absolute Gasteiger partial charge is 0.375 e. The van der Waals surface area contributed by atoms with E-state index in [-0.39, 0.29) is 0 Å². The summed E-state index contributed by atoms with van der Waals surface area (Å²) in [7, 11) is 0. The van der Waals surface area contributed by atoms with Gasteiger partial charge in [-0.05, 0) is 47.2 Å². The fourth-order valence-corrected chi connectivity index (χ4v) is 4.62. The second kappa shape index (κ2) is 17.3. The number of nitrogens with one attached hydrogen (secondary N) is 1. The van der Waals surface area contributed by atoms with Crippen molar-refractivity contribution in [3.8, 4) is 0 Å². The van der Waals surface area contributed by atoms with Crippen LogP contribution in [0.5, 0.6) is 0 Å². The Balaban J connectivity index is 0.000000203. The lowest BCUT2D eigenvalue weighted by molar-refractivity contribution is -0.0529. The first kappa shape index (κ1) is 30.9. The van der Waals surface area contributed by atoms with Crippen LogP contribution in [0.2, 0.25) is 0 Å². The van der Waals surface area contributed by atoms with Crippen LogP contribution >= 0.6 is 47.8 Å². The fourth-order valence-electron chi connectivity index (χ4n) is 3.71. The van der Waals surface area contributed by atoms with E-state index < -0.39 is 0 Å². The van der Waals surface area contributed by atoms with Gasteiger partial charge in [-0.25, -0.2) is 0 Å². The van der Waals surface area contributed by atoms with E-state index in [0.29, 0.717) is 24.0 Å². The molecular weight excluding hydrogens is 636 g/mol. The highest BCUT2D eigenvalue weighted by Gasteiger charge is 2.22. The SMILES string of the molecule is BrCc1ccc(Br)cc1.CC(C)C1CN(Cc2ccc(Br)cc2)CCO1.CC(C)C1CNCCO1. The van der Waals surface area contributed by atoms with Gasteiger partial charge in [0.25, 0.3) is 0 Å². The topological polar surface area (TPSA) is 33.7 Å². The summed E-state index contributed by atoms with van der Waals surface area (Å²) < 4.78 is 13.5. The molecule has 4 rings (SSSR count). The minimum Gasteiger partial charge on any atom is -0.375 e. The lowest BCUT2D eigenvalue weighted by Crippen LogP contribution is -2.44. The molecule has 1 N–H and O–H groups in total. The van der Waals surface area contributed by atoms with Crippen LogP contribution in [-0.2, 0) is 21.3 Å². The van der Waals surface area contributed by atoms with Gasteiger partial charge in [0.15, 0.2) is 0 Å². The maximum atomic E-state index is 5.78. The summed E-state index contributed by atoms with van der Waals surface area (Å²) >= 11 is 10.2. The van der Waals surface area contributed by atoms with Gasteiger partial charge in [0.1, 0.15) is 0 Å². The van der Waals surface area contributed by atoms with Gasteiger partial charge in [0.05, 0.1) is 25.4 Å². The number of alkyl halides is 1. The number of hydrogen-bond acceptors (Lipinski definition) is 4. The summed E-state index contributed by atoms with van der Waals surface area (Å²) in [5.41, 5.74) is 2.68. The first-order valence-electron chi connectivity index (χ1n) is 12.5. The molecule has 2 heterocycles. The van der Waals surface area contributed by atoms with E-state index in [9.17, 15) is 0 Å². The van der Waals surface area contributed by atoms with Crippen molar-refractivity contribution in [2.75, 3.05) is 39.4 Å². The summed E-state index contributed by atoms with van der Waals surface area (Å²) in [6.45, 7) is 15.7. The van der Waals surface area contributed by atoms with Gasteiger partial charge in [0.2, 0.25) is 0 Å². The average Bonchev–Trinajstić information content (AvgIpc) is 2.87. The van der Waals surface area contributed by atoms with E-state index in [1.807, 2.05) is 12.1 Å². The number of hydrogen-bond donors (Lipinski definition) is 1. The predicted octanol–water partition coefficient (Wildman–Crippen LogP) is 7.28. The lowest BCUT2D eigenvalue weighted by atomic mass is 10.1. The van der Waals surface area contributed by atoms with Gasteiger partial charge in [-0.15, -0.1) is 0 Å². The molecule has 2 atom stereocenters. The molecule has 35 heavy (non-hydrogen) atoms. The summed E-state index contributed by atoms with van der Waals surface area (Å²) in [5.74, 6) is 1.25. The normalized spacial score (nSPS) is 20.6. The van der Waals surface area contributed by atoms with Crippen LogP contribution in [0.4, 0.5) is 0 Å². The second-order valence-electron chi connectivity index (χ2n) is 9.63. The number of morpholine rings is 2. The smallest absolute Gasteiger partial charge is 0.0725 e. The van der Waals surface area contributed by atoms with Crippen LogP contribution in [0.1, 0.15) is 38.8 Å². The van der Waals surface area contributed by atoms with Gasteiger partial charge >= 0.3 is 0 Å². The zero-order valence-electron chi connectivity index (χ0n) is 21.5. The molecule has 2 aliphatic heterocycles. The van der Waals surface area contributed by atoms with Crippen LogP contribution in [-0.4, -0.2) is 56.5 Å². The van der Waals surface area contributed by atoms with Crippen molar-refractivity contribution in [3.63, 3.8) is 0 Å². The standard InChI is InChI=1S/C14H20BrNO.C7H6Br2.C7H15NO/c1-11(2)14-10-16(7-8-17-14)9-12-3-5-13(15)6-4-12;8-5-6-1-3-7(9)4-2-6;1-6(2)7-5-8-3-4-9-7/h3-6,11,14H,7-10H2,1-2H3;1-4H,5H2;6-8H,3-5H2,1-2H3. The van der Waals surface area contributed by atoms with Gasteiger partial charge in [0, 0.05) is 47.0 Å². The molecule has 2 aromatic carbocycles. The average molecular weight is 677 g/mol. The second-order valence-corrected chi connectivity index (χ2v) is 12.0. The van der Waals surface area contributed by atoms with Crippen molar-refractivity contribution in [2.45, 2.75) is 51.8 Å². The number of halogens is 3. The van der Waals surface area contributed by atoms with E-state index in [2.05, 4.69) is 122 Å². The summed E-state index contributed by atoms with van der Waals surface area (Å²) in [6.07, 6.45) is 0.831. The van der Waals surface area contributed by atoms with Gasteiger partial charge < -0.3 is 14.8 Å². The molecule has 0 bridgehead atoms. The molecule has 2 aromatic rings. The predicted molar refractivity (Wildman–Crippen MR) is 158 cm³/mol. The molecule has 0 spiro atoms. The van der Waals surface area contributed by atoms with E-state index in [1.54, 1.807) is 0 Å². The molecule has 0 radical (unpaired) electrons. The minimum atomic E-state index is 0.388. The molecule has 0 aliphatic carbocycles. The molecule has 2 saturated heterocycles. The zero-order valence-corrected chi connectivity index (χ0v) is 26.2. The quantitative estimate of drug-likeness (QED) is 0.338. The maximum Gasteiger partial charge on any atom is 0.0725 e. The Morgan fingerprint density at radius 3 is 1.83 bits per heavy atom. The Bertz CT molecular complexity index is 810. The maximum absolute atomic E-state index is 5.78. The Morgan fingerprint density at radius 1 is 0.829 bits per heavy atom. The van der Waals surface area contributed by atoms with E-state index >= 15 is 0 Å². The molecule has 0 aromatic heterocycles. The van der Waals surface area contributed by atoms with Crippen molar-refractivity contribution in [1.82, 2.24) is 10.2 Å². The zero-order chi connectivity index (χ0) is 25.6. The summed E-state index contributed by atoms with van der Waals surface area (Å²) in [6, 6.07) is 16.8. The fraction of sp³-hybridized carbons (Fsp3) is 0.571. The van der Waals surface area contributed by atoms with Crippen molar-refractivity contribution in [3.05, 3.63) is 68.6 Å². The van der Waals surface area contributed by atoms with Crippen LogP contribution in [0, 0.1) is 11.8 Å². The Kier molecular flexibility index (Phi) is 15.3. The summed E-state index contributed by atoms with van der Waals surface area (Å²) in [4.78, 5) is 2.48. The monoisotopic (exact) mass is 674 g/mol. The third-order valence-electron chi connectivity index (χ3n) is 6.01. The minimum absolute atomic E-state index is 0.388. The summed E-state index contributed by atoms with van der Waals surface area (Å²) in [5, 5.41) is 4.22. The molecule has 4 nitrogen and oxygen atoms in total. The third kappa shape index (κ3) is 12.7. The van der Waals surface area contributed by atoms with Gasteiger partial charge in [-0.2, -0.15) is 0 Å². The number of rotatable bonds is 5. The highest BCUT2D eigenvalue weighted by atomic mass is 79.9. The van der Waals surface area contributed by atoms with Gasteiger partial charge in [-0.3, -0.25) is 4.90 Å². The van der Waals surface area contributed by atoms with Crippen molar-refractivity contribution < 1.29 is 9.47 Å². The van der Waals surface area contributed by atoms with Crippen LogP contribution in [0.25, 0.3) is 0 Å². The molecular formula is C28H41Br3N2O2. The van der Waals surface area contributed by atoms with Crippen LogP contribution in [0.3, 0.4) is 0 Å². The molecule has 2 aliphatic rings. The highest BCUT2D eigenvalue weighted by molar-refractivity contribution is 9.10. The number of ether oxygens (including phenoxy) is 2. The number of benzene rings is 2. The molecule has 0 saturated carbocycles. The van der Waals surface area contributed by atoms with Crippen molar-refractivity contribution >= 4 is 47.8 Å². The first-order valence-corrected chi connectivity index (χ1v) is 15.2. The Labute approximate surface area is 237 Å². The Morgan fingerprint density at radius 2 is 1.37 bits per heavy atom. The molecule has 0 amide bonds. The lowest BCUT2D eigenvalue weighted by Gasteiger charge is -2.34. The molecule has 196 valence electrons. The third-order valence-corrected chi connectivity index (χ3v) is 7.71. The van der Waals surface area contributed by atoms with Crippen LogP contribution < -0.4 is 5.32 Å². The number of nitrogens with zero attached hydrogens (tertiary/aromatic N) is 1. The Hall–Kier alpha value is -0.280. The molecule has 2 unspecified atom stereocenters. The first-order chi connectivity index (χ1) is 16.8. The van der Waals surface area contributed by atoms with Crippen molar-refractivity contribution in [2.24, 2.45) is 11.8 Å². The van der Waals surface area contributed by atoms with E-state index in [1.165, 1.54) is 11.1 Å². The highest BCUT2D eigenvalue weighted by Crippen LogP contribution is 2.17. The van der Waals surface area contributed by atoms with Gasteiger partial charge in [-0.1, -0.05) is 99.8 Å². The van der Waals surface area contributed by atoms with E-state index in [4.69, 9.17) is 9.47 Å². The molecule has 7 heteroatoms. The molecule has 2 fully saturated rings.